The fourth-order valence-corrected chi connectivity index (χ4v) is 2.83. The quantitative estimate of drug-likeness (QED) is 0.536. The van der Waals surface area contributed by atoms with Gasteiger partial charge in [-0.15, -0.1) is 0 Å². The van der Waals surface area contributed by atoms with Crippen LogP contribution in [0.3, 0.4) is 0 Å². The van der Waals surface area contributed by atoms with Gasteiger partial charge in [-0.3, -0.25) is 4.79 Å². The van der Waals surface area contributed by atoms with Crippen LogP contribution in [0.15, 0.2) is 0 Å². The smallest absolute Gasteiger partial charge is 0.325 e. The number of nitrogens with zero attached hydrogens (tertiary/aromatic N) is 1. The zero-order valence-corrected chi connectivity index (χ0v) is 13.4. The van der Waals surface area contributed by atoms with E-state index in [0.717, 1.165) is 44.9 Å². The van der Waals surface area contributed by atoms with Gasteiger partial charge in [0.05, 0.1) is 6.61 Å². The maximum Gasteiger partial charge on any atom is 0.325 e. The summed E-state index contributed by atoms with van der Waals surface area (Å²) in [5.41, 5.74) is -0.777. The van der Waals surface area contributed by atoms with Crippen LogP contribution >= 0.6 is 0 Å². The second kappa shape index (κ2) is 7.56. The SMILES string of the molecule is CCCNC(CN(C)CCOCC1CC1)(C(=O)O)C1CC1. The van der Waals surface area contributed by atoms with Gasteiger partial charge in [0.25, 0.3) is 0 Å². The van der Waals surface area contributed by atoms with Crippen molar-refractivity contribution in [1.29, 1.82) is 0 Å². The third-order valence-corrected chi connectivity index (χ3v) is 4.53. The number of likely N-dealkylation sites (N-methyl/N-ethyl adjacent to an activating group) is 1. The number of carboxylic acid groups (broad SMARTS) is 1. The fraction of sp³-hybridized carbons (Fsp3) is 0.938. The third-order valence-electron chi connectivity index (χ3n) is 4.53. The summed E-state index contributed by atoms with van der Waals surface area (Å²) >= 11 is 0. The summed E-state index contributed by atoms with van der Waals surface area (Å²) in [5.74, 6) is 0.353. The molecule has 0 radical (unpaired) electrons. The van der Waals surface area contributed by atoms with Crippen LogP contribution in [0.25, 0.3) is 0 Å². The highest BCUT2D eigenvalue weighted by molar-refractivity contribution is 5.80. The van der Waals surface area contributed by atoms with E-state index in [1.807, 2.05) is 7.05 Å². The van der Waals surface area contributed by atoms with E-state index in [1.165, 1.54) is 12.8 Å². The molecule has 2 aliphatic rings. The zero-order valence-electron chi connectivity index (χ0n) is 13.4. The first-order chi connectivity index (χ1) is 10.1. The van der Waals surface area contributed by atoms with E-state index in [9.17, 15) is 9.90 Å². The van der Waals surface area contributed by atoms with Crippen molar-refractivity contribution in [3.05, 3.63) is 0 Å². The molecule has 0 aromatic carbocycles. The van der Waals surface area contributed by atoms with Gasteiger partial charge in [-0.2, -0.15) is 0 Å². The number of carboxylic acids is 1. The highest BCUT2D eigenvalue weighted by Crippen LogP contribution is 2.40. The van der Waals surface area contributed by atoms with Crippen LogP contribution in [0, 0.1) is 11.8 Å². The van der Waals surface area contributed by atoms with Gasteiger partial charge in [0.2, 0.25) is 0 Å². The molecular weight excluding hydrogens is 268 g/mol. The average Bonchev–Trinajstić information content (AvgIpc) is 3.31. The number of carbonyl (C=O) groups is 1. The number of nitrogens with one attached hydrogen (secondary N) is 1. The summed E-state index contributed by atoms with van der Waals surface area (Å²) in [5, 5.41) is 13.1. The third kappa shape index (κ3) is 4.94. The Balaban J connectivity index is 1.79. The molecule has 1 unspecified atom stereocenters. The number of hydrogen-bond acceptors (Lipinski definition) is 4. The van der Waals surface area contributed by atoms with Crippen molar-refractivity contribution >= 4 is 5.97 Å². The Morgan fingerprint density at radius 1 is 1.38 bits per heavy atom. The van der Waals surface area contributed by atoms with Gasteiger partial charge in [0.1, 0.15) is 5.54 Å². The molecule has 0 aliphatic heterocycles. The minimum Gasteiger partial charge on any atom is -0.480 e. The lowest BCUT2D eigenvalue weighted by atomic mass is 9.92. The van der Waals surface area contributed by atoms with Gasteiger partial charge >= 0.3 is 5.97 Å². The number of hydrogen-bond donors (Lipinski definition) is 2. The minimum atomic E-state index is -0.777. The molecule has 122 valence electrons. The van der Waals surface area contributed by atoms with Gasteiger partial charge in [0.15, 0.2) is 0 Å². The maximum atomic E-state index is 11.9. The van der Waals surface area contributed by atoms with Gasteiger partial charge in [0, 0.05) is 19.7 Å². The van der Waals surface area contributed by atoms with E-state index >= 15 is 0 Å². The Labute approximate surface area is 128 Å². The number of rotatable bonds is 12. The minimum absolute atomic E-state index is 0.274. The van der Waals surface area contributed by atoms with Crippen molar-refractivity contribution in [2.45, 2.75) is 44.6 Å². The van der Waals surface area contributed by atoms with Crippen LogP contribution in [-0.2, 0) is 9.53 Å². The van der Waals surface area contributed by atoms with Crippen LogP contribution in [0.2, 0.25) is 0 Å². The summed E-state index contributed by atoms with van der Waals surface area (Å²) in [6, 6.07) is 0. The number of ether oxygens (including phenoxy) is 1. The Morgan fingerprint density at radius 3 is 2.62 bits per heavy atom. The van der Waals surface area contributed by atoms with Crippen LogP contribution < -0.4 is 5.32 Å². The van der Waals surface area contributed by atoms with Gasteiger partial charge in [-0.1, -0.05) is 6.92 Å². The maximum absolute atomic E-state index is 11.9. The van der Waals surface area contributed by atoms with E-state index < -0.39 is 11.5 Å². The normalized spacial score (nSPS) is 21.5. The van der Waals surface area contributed by atoms with Crippen molar-refractivity contribution in [2.24, 2.45) is 11.8 Å². The average molecular weight is 298 g/mol. The summed E-state index contributed by atoms with van der Waals surface area (Å²) in [6.45, 7) is 5.74. The molecule has 0 spiro atoms. The summed E-state index contributed by atoms with van der Waals surface area (Å²) in [4.78, 5) is 14.0. The highest BCUT2D eigenvalue weighted by Gasteiger charge is 2.51. The monoisotopic (exact) mass is 298 g/mol. The predicted octanol–water partition coefficient (Wildman–Crippen LogP) is 1.58. The van der Waals surface area contributed by atoms with Crippen LogP contribution in [-0.4, -0.2) is 61.4 Å². The van der Waals surface area contributed by atoms with Crippen molar-refractivity contribution in [1.82, 2.24) is 10.2 Å². The zero-order chi connectivity index (χ0) is 15.3. The molecular formula is C16H30N2O3. The largest absolute Gasteiger partial charge is 0.480 e. The van der Waals surface area contributed by atoms with Gasteiger partial charge in [-0.25, -0.2) is 0 Å². The topological polar surface area (TPSA) is 61.8 Å². The van der Waals surface area contributed by atoms with Crippen molar-refractivity contribution in [3.63, 3.8) is 0 Å². The molecule has 21 heavy (non-hydrogen) atoms. The predicted molar refractivity (Wildman–Crippen MR) is 82.4 cm³/mol. The van der Waals surface area contributed by atoms with Crippen molar-refractivity contribution in [2.75, 3.05) is 39.9 Å². The Kier molecular flexibility index (Phi) is 6.02. The molecule has 2 fully saturated rings. The molecule has 2 aliphatic carbocycles. The first kappa shape index (κ1) is 16.7. The number of aliphatic carboxylic acids is 1. The Hall–Kier alpha value is -0.650. The molecule has 2 rings (SSSR count). The summed E-state index contributed by atoms with van der Waals surface area (Å²) < 4.78 is 5.65. The van der Waals surface area contributed by atoms with E-state index in [1.54, 1.807) is 0 Å². The van der Waals surface area contributed by atoms with Crippen LogP contribution in [0.4, 0.5) is 0 Å². The van der Waals surface area contributed by atoms with Gasteiger partial charge < -0.3 is 20.1 Å². The van der Waals surface area contributed by atoms with Crippen molar-refractivity contribution < 1.29 is 14.6 Å². The molecule has 5 nitrogen and oxygen atoms in total. The van der Waals surface area contributed by atoms with Crippen molar-refractivity contribution in [3.8, 4) is 0 Å². The Bertz CT molecular complexity index is 342. The molecule has 0 heterocycles. The van der Waals surface area contributed by atoms with Crippen LogP contribution in [0.1, 0.15) is 39.0 Å². The fourth-order valence-electron chi connectivity index (χ4n) is 2.83. The lowest BCUT2D eigenvalue weighted by Crippen LogP contribution is -2.60. The second-order valence-electron chi connectivity index (χ2n) is 6.73. The highest BCUT2D eigenvalue weighted by atomic mass is 16.5. The van der Waals surface area contributed by atoms with E-state index in [-0.39, 0.29) is 5.92 Å². The molecule has 1 atom stereocenters. The van der Waals surface area contributed by atoms with E-state index in [4.69, 9.17) is 4.74 Å². The molecule has 0 aromatic heterocycles. The summed E-state index contributed by atoms with van der Waals surface area (Å²) in [7, 11) is 1.99. The lowest BCUT2D eigenvalue weighted by molar-refractivity contribution is -0.147. The molecule has 0 bridgehead atoms. The molecule has 0 aromatic rings. The van der Waals surface area contributed by atoms with Crippen LogP contribution in [0.5, 0.6) is 0 Å². The molecule has 0 saturated heterocycles. The molecule has 0 amide bonds. The molecule has 2 N–H and O–H groups in total. The Morgan fingerprint density at radius 2 is 2.10 bits per heavy atom. The lowest BCUT2D eigenvalue weighted by Gasteiger charge is -2.34. The molecule has 5 heteroatoms. The second-order valence-corrected chi connectivity index (χ2v) is 6.73. The summed E-state index contributed by atoms with van der Waals surface area (Å²) in [6.07, 6.45) is 5.61. The standard InChI is InChI=1S/C16H30N2O3/c1-3-8-17-16(15(19)20,14-6-7-14)12-18(2)9-10-21-11-13-4-5-13/h13-14,17H,3-12H2,1-2H3,(H,19,20). The molecule has 2 saturated carbocycles. The first-order valence-corrected chi connectivity index (χ1v) is 8.33. The first-order valence-electron chi connectivity index (χ1n) is 8.33. The van der Waals surface area contributed by atoms with E-state index in [0.29, 0.717) is 13.2 Å². The van der Waals surface area contributed by atoms with Gasteiger partial charge in [-0.05, 0) is 57.5 Å². The van der Waals surface area contributed by atoms with E-state index in [2.05, 4.69) is 17.1 Å².